The Bertz CT molecular complexity index is 161. The van der Waals surface area contributed by atoms with Gasteiger partial charge in [0.25, 0.3) is 0 Å². The van der Waals surface area contributed by atoms with E-state index in [1.54, 1.807) is 6.08 Å². The molecule has 70 valence electrons. The molecule has 0 radical (unpaired) electrons. The minimum Gasteiger partial charge on any atom is -0.478 e. The van der Waals surface area contributed by atoms with Crippen LogP contribution in [0.25, 0.3) is 0 Å². The number of carboxylic acids is 1. The monoisotopic (exact) mass is 170 g/mol. The van der Waals surface area contributed by atoms with Crippen molar-refractivity contribution < 1.29 is 9.90 Å². The van der Waals surface area contributed by atoms with Crippen LogP contribution in [0, 0.1) is 11.8 Å². The highest BCUT2D eigenvalue weighted by atomic mass is 16.4. The predicted octanol–water partition coefficient (Wildman–Crippen LogP) is 2.70. The Morgan fingerprint density at radius 3 is 2.50 bits per heavy atom. The second-order valence-corrected chi connectivity index (χ2v) is 3.42. The molecule has 2 heteroatoms. The van der Waals surface area contributed by atoms with Gasteiger partial charge >= 0.3 is 5.97 Å². The third kappa shape index (κ3) is 5.96. The highest BCUT2D eigenvalue weighted by molar-refractivity contribution is 5.79. The van der Waals surface area contributed by atoms with Gasteiger partial charge in [0.2, 0.25) is 0 Å². The van der Waals surface area contributed by atoms with E-state index in [0.717, 1.165) is 12.8 Å². The summed E-state index contributed by atoms with van der Waals surface area (Å²) in [7, 11) is 0. The van der Waals surface area contributed by atoms with Gasteiger partial charge in [0.15, 0.2) is 0 Å². The normalized spacial score (nSPS) is 16.2. The van der Waals surface area contributed by atoms with Gasteiger partial charge in [-0.2, -0.15) is 0 Å². The van der Waals surface area contributed by atoms with E-state index in [0.29, 0.717) is 11.8 Å². The molecule has 1 N–H and O–H groups in total. The van der Waals surface area contributed by atoms with E-state index in [2.05, 4.69) is 13.8 Å². The van der Waals surface area contributed by atoms with Gasteiger partial charge in [-0.25, -0.2) is 4.79 Å². The fraction of sp³-hybridized carbons (Fsp3) is 0.700. The van der Waals surface area contributed by atoms with E-state index in [9.17, 15) is 4.79 Å². The third-order valence-corrected chi connectivity index (χ3v) is 2.04. The van der Waals surface area contributed by atoms with E-state index >= 15 is 0 Å². The average Bonchev–Trinajstić information content (AvgIpc) is 2.00. The Morgan fingerprint density at radius 2 is 2.08 bits per heavy atom. The molecule has 12 heavy (non-hydrogen) atoms. The van der Waals surface area contributed by atoms with Crippen LogP contribution in [0.2, 0.25) is 0 Å². The average molecular weight is 170 g/mol. The first-order valence-electron chi connectivity index (χ1n) is 4.47. The van der Waals surface area contributed by atoms with Crippen LogP contribution in [0.15, 0.2) is 12.2 Å². The second-order valence-electron chi connectivity index (χ2n) is 3.42. The van der Waals surface area contributed by atoms with Crippen molar-refractivity contribution >= 4 is 5.97 Å². The van der Waals surface area contributed by atoms with Gasteiger partial charge in [-0.1, -0.05) is 33.3 Å². The fourth-order valence-corrected chi connectivity index (χ4v) is 1.13. The van der Waals surface area contributed by atoms with Crippen molar-refractivity contribution in [3.05, 3.63) is 12.2 Å². The predicted molar refractivity (Wildman–Crippen MR) is 50.0 cm³/mol. The largest absolute Gasteiger partial charge is 0.478 e. The SMILES string of the molecule is CC[C@@H](C)C[C@H](C)C=CC(=O)O. The van der Waals surface area contributed by atoms with Gasteiger partial charge in [-0.3, -0.25) is 0 Å². The molecule has 0 bridgehead atoms. The highest BCUT2D eigenvalue weighted by Gasteiger charge is 2.03. The van der Waals surface area contributed by atoms with Gasteiger partial charge in [0.05, 0.1) is 0 Å². The van der Waals surface area contributed by atoms with E-state index in [4.69, 9.17) is 5.11 Å². The number of allylic oxidation sites excluding steroid dienone is 1. The van der Waals surface area contributed by atoms with E-state index in [1.807, 2.05) is 6.92 Å². The van der Waals surface area contributed by atoms with Gasteiger partial charge in [-0.15, -0.1) is 0 Å². The lowest BCUT2D eigenvalue weighted by Gasteiger charge is -2.11. The second kappa shape index (κ2) is 5.81. The van der Waals surface area contributed by atoms with Crippen molar-refractivity contribution in [1.82, 2.24) is 0 Å². The van der Waals surface area contributed by atoms with Crippen molar-refractivity contribution in [3.63, 3.8) is 0 Å². The Labute approximate surface area is 74.3 Å². The molecular weight excluding hydrogens is 152 g/mol. The molecule has 0 aromatic carbocycles. The number of rotatable bonds is 5. The zero-order valence-electron chi connectivity index (χ0n) is 8.08. The van der Waals surface area contributed by atoms with E-state index in [-0.39, 0.29) is 0 Å². The molecule has 0 saturated carbocycles. The molecule has 0 saturated heterocycles. The quantitative estimate of drug-likeness (QED) is 0.644. The first-order chi connectivity index (χ1) is 5.56. The number of hydrogen-bond acceptors (Lipinski definition) is 1. The summed E-state index contributed by atoms with van der Waals surface area (Å²) in [5.74, 6) is 0.195. The van der Waals surface area contributed by atoms with Crippen molar-refractivity contribution in [3.8, 4) is 0 Å². The molecule has 0 aliphatic rings. The van der Waals surface area contributed by atoms with Crippen LogP contribution in [0.3, 0.4) is 0 Å². The summed E-state index contributed by atoms with van der Waals surface area (Å²) >= 11 is 0. The van der Waals surface area contributed by atoms with Gasteiger partial charge in [0.1, 0.15) is 0 Å². The number of carboxylic acid groups (broad SMARTS) is 1. The summed E-state index contributed by atoms with van der Waals surface area (Å²) in [5.41, 5.74) is 0. The maximum absolute atomic E-state index is 10.2. The first-order valence-corrected chi connectivity index (χ1v) is 4.47. The van der Waals surface area contributed by atoms with Crippen LogP contribution in [0.5, 0.6) is 0 Å². The lowest BCUT2D eigenvalue weighted by Crippen LogP contribution is -2.00. The summed E-state index contributed by atoms with van der Waals surface area (Å²) in [4.78, 5) is 10.2. The van der Waals surface area contributed by atoms with Crippen molar-refractivity contribution in [2.45, 2.75) is 33.6 Å². The van der Waals surface area contributed by atoms with Gasteiger partial charge in [-0.05, 0) is 18.3 Å². The zero-order chi connectivity index (χ0) is 9.56. The topological polar surface area (TPSA) is 37.3 Å². The molecule has 0 aliphatic carbocycles. The van der Waals surface area contributed by atoms with Gasteiger partial charge in [0, 0.05) is 6.08 Å². The molecule has 0 amide bonds. The Morgan fingerprint density at radius 1 is 1.50 bits per heavy atom. The summed E-state index contributed by atoms with van der Waals surface area (Å²) in [5, 5.41) is 8.37. The molecule has 0 fully saturated rings. The van der Waals surface area contributed by atoms with Crippen molar-refractivity contribution in [2.75, 3.05) is 0 Å². The lowest BCUT2D eigenvalue weighted by atomic mass is 9.95. The van der Waals surface area contributed by atoms with Crippen LogP contribution in [-0.4, -0.2) is 11.1 Å². The number of hydrogen-bond donors (Lipinski definition) is 1. The molecule has 0 aromatic rings. The molecule has 0 aromatic heterocycles. The number of carbonyl (C=O) groups is 1. The van der Waals surface area contributed by atoms with Crippen LogP contribution in [-0.2, 0) is 4.79 Å². The molecule has 0 heterocycles. The maximum atomic E-state index is 10.2. The summed E-state index contributed by atoms with van der Waals surface area (Å²) < 4.78 is 0. The van der Waals surface area contributed by atoms with E-state index in [1.165, 1.54) is 6.08 Å². The minimum absolute atomic E-state index is 0.371. The highest BCUT2D eigenvalue weighted by Crippen LogP contribution is 2.15. The molecule has 0 spiro atoms. The zero-order valence-corrected chi connectivity index (χ0v) is 8.08. The van der Waals surface area contributed by atoms with E-state index < -0.39 is 5.97 Å². The standard InChI is InChI=1S/C10H18O2/c1-4-8(2)7-9(3)5-6-10(11)12/h5-6,8-9H,4,7H2,1-3H3,(H,11,12)/t8-,9-/m1/s1. The van der Waals surface area contributed by atoms with Crippen LogP contribution >= 0.6 is 0 Å². The Balaban J connectivity index is 3.72. The third-order valence-electron chi connectivity index (χ3n) is 2.04. The molecule has 0 rings (SSSR count). The molecule has 0 aliphatic heterocycles. The Kier molecular flexibility index (Phi) is 5.43. The summed E-state index contributed by atoms with van der Waals surface area (Å²) in [6, 6.07) is 0. The smallest absolute Gasteiger partial charge is 0.327 e. The van der Waals surface area contributed by atoms with Crippen molar-refractivity contribution in [1.29, 1.82) is 0 Å². The number of aliphatic carboxylic acids is 1. The fourth-order valence-electron chi connectivity index (χ4n) is 1.13. The summed E-state index contributed by atoms with van der Waals surface area (Å²) in [6.07, 6.45) is 5.22. The van der Waals surface area contributed by atoms with Gasteiger partial charge < -0.3 is 5.11 Å². The first kappa shape index (κ1) is 11.2. The minimum atomic E-state index is -0.856. The maximum Gasteiger partial charge on any atom is 0.327 e. The van der Waals surface area contributed by atoms with Crippen LogP contribution in [0.4, 0.5) is 0 Å². The molecule has 2 nitrogen and oxygen atoms in total. The molecular formula is C10H18O2. The van der Waals surface area contributed by atoms with Crippen LogP contribution < -0.4 is 0 Å². The molecule has 0 unspecified atom stereocenters. The molecule has 2 atom stereocenters. The Hall–Kier alpha value is -0.790. The van der Waals surface area contributed by atoms with Crippen LogP contribution in [0.1, 0.15) is 33.6 Å². The lowest BCUT2D eigenvalue weighted by molar-refractivity contribution is -0.131. The summed E-state index contributed by atoms with van der Waals surface area (Å²) in [6.45, 7) is 6.38. The van der Waals surface area contributed by atoms with Crippen molar-refractivity contribution in [2.24, 2.45) is 11.8 Å².